The van der Waals surface area contributed by atoms with Crippen LogP contribution in [0.15, 0.2) is 18.3 Å². The van der Waals surface area contributed by atoms with Crippen LogP contribution in [-0.2, 0) is 0 Å². The maximum Gasteiger partial charge on any atom is 0.230 e. The van der Waals surface area contributed by atoms with E-state index >= 15 is 0 Å². The lowest BCUT2D eigenvalue weighted by Gasteiger charge is -2.18. The monoisotopic (exact) mass is 274 g/mol. The van der Waals surface area contributed by atoms with Crippen molar-refractivity contribution >= 4 is 11.9 Å². The number of hydrogen-bond donors (Lipinski definition) is 1. The molecule has 2 heterocycles. The van der Waals surface area contributed by atoms with Crippen molar-refractivity contribution in [3.8, 4) is 17.3 Å². The Bertz CT molecular complexity index is 585. The minimum Gasteiger partial charge on any atom is -0.481 e. The number of rotatable bonds is 5. The van der Waals surface area contributed by atoms with Gasteiger partial charge in [0.25, 0.3) is 0 Å². The van der Waals surface area contributed by atoms with Crippen molar-refractivity contribution in [2.45, 2.75) is 13.8 Å². The SMILES string of the molecule is CCN(CC)c1nc(N)nc(-c2ccnc(OC)c2)n1. The van der Waals surface area contributed by atoms with Crippen molar-refractivity contribution in [1.82, 2.24) is 19.9 Å². The molecule has 0 aromatic carbocycles. The summed E-state index contributed by atoms with van der Waals surface area (Å²) in [6, 6.07) is 3.57. The van der Waals surface area contributed by atoms with Gasteiger partial charge in [-0.1, -0.05) is 0 Å². The van der Waals surface area contributed by atoms with Crippen LogP contribution < -0.4 is 15.4 Å². The summed E-state index contributed by atoms with van der Waals surface area (Å²) in [5.41, 5.74) is 6.57. The Balaban J connectivity index is 2.45. The summed E-state index contributed by atoms with van der Waals surface area (Å²) < 4.78 is 5.10. The summed E-state index contributed by atoms with van der Waals surface area (Å²) in [7, 11) is 1.56. The molecule has 2 rings (SSSR count). The zero-order chi connectivity index (χ0) is 14.5. The van der Waals surface area contributed by atoms with Crippen molar-refractivity contribution < 1.29 is 4.74 Å². The molecule has 7 nitrogen and oxygen atoms in total. The molecule has 0 aliphatic carbocycles. The standard InChI is InChI=1S/C13H18N6O/c1-4-19(5-2)13-17-11(16-12(14)18-13)9-6-7-15-10(8-9)20-3/h6-8H,4-5H2,1-3H3,(H2,14,16,17,18). The predicted octanol–water partition coefficient (Wildman–Crippen LogP) is 1.37. The Labute approximate surface area is 117 Å². The summed E-state index contributed by atoms with van der Waals surface area (Å²) in [6.07, 6.45) is 1.64. The van der Waals surface area contributed by atoms with Crippen LogP contribution in [0.1, 0.15) is 13.8 Å². The van der Waals surface area contributed by atoms with Gasteiger partial charge in [-0.25, -0.2) is 4.98 Å². The molecule has 0 unspecified atom stereocenters. The second kappa shape index (κ2) is 6.14. The van der Waals surface area contributed by atoms with E-state index in [-0.39, 0.29) is 5.95 Å². The molecule has 106 valence electrons. The van der Waals surface area contributed by atoms with Gasteiger partial charge in [0.05, 0.1) is 7.11 Å². The lowest BCUT2D eigenvalue weighted by molar-refractivity contribution is 0.398. The quantitative estimate of drug-likeness (QED) is 0.880. The number of pyridine rings is 1. The fourth-order valence-electron chi connectivity index (χ4n) is 1.82. The Morgan fingerprint density at radius 2 is 1.95 bits per heavy atom. The van der Waals surface area contributed by atoms with Gasteiger partial charge in [-0.2, -0.15) is 15.0 Å². The molecule has 0 saturated heterocycles. The fraction of sp³-hybridized carbons (Fsp3) is 0.385. The molecule has 0 fully saturated rings. The van der Waals surface area contributed by atoms with Crippen molar-refractivity contribution in [3.05, 3.63) is 18.3 Å². The van der Waals surface area contributed by atoms with Crippen molar-refractivity contribution in [1.29, 1.82) is 0 Å². The minimum atomic E-state index is 0.202. The van der Waals surface area contributed by atoms with Gasteiger partial charge in [0.2, 0.25) is 17.8 Å². The number of anilines is 2. The van der Waals surface area contributed by atoms with Crippen LogP contribution in [0.5, 0.6) is 5.88 Å². The fourth-order valence-corrected chi connectivity index (χ4v) is 1.82. The van der Waals surface area contributed by atoms with Gasteiger partial charge in [0.15, 0.2) is 5.82 Å². The van der Waals surface area contributed by atoms with Crippen LogP contribution in [0.2, 0.25) is 0 Å². The molecule has 0 radical (unpaired) electrons. The predicted molar refractivity (Wildman–Crippen MR) is 77.6 cm³/mol. The Kier molecular flexibility index (Phi) is 4.29. The number of methoxy groups -OCH3 is 1. The second-order valence-electron chi connectivity index (χ2n) is 4.08. The van der Waals surface area contributed by atoms with E-state index in [9.17, 15) is 0 Å². The summed E-state index contributed by atoms with van der Waals surface area (Å²) in [5, 5.41) is 0. The zero-order valence-electron chi connectivity index (χ0n) is 11.9. The molecule has 0 bridgehead atoms. The molecule has 2 aromatic rings. The maximum atomic E-state index is 5.78. The van der Waals surface area contributed by atoms with Crippen LogP contribution >= 0.6 is 0 Å². The molecule has 7 heteroatoms. The van der Waals surface area contributed by atoms with Gasteiger partial charge in [0.1, 0.15) is 0 Å². The molecule has 0 amide bonds. The number of ether oxygens (including phenoxy) is 1. The normalized spacial score (nSPS) is 10.3. The van der Waals surface area contributed by atoms with E-state index in [0.29, 0.717) is 17.7 Å². The maximum absolute atomic E-state index is 5.78. The summed E-state index contributed by atoms with van der Waals surface area (Å²) in [6.45, 7) is 5.69. The van der Waals surface area contributed by atoms with Gasteiger partial charge in [-0.05, 0) is 19.9 Å². The van der Waals surface area contributed by atoms with Gasteiger partial charge >= 0.3 is 0 Å². The molecule has 0 atom stereocenters. The van der Waals surface area contributed by atoms with Gasteiger partial charge in [0, 0.05) is 30.9 Å². The third-order valence-corrected chi connectivity index (χ3v) is 2.89. The number of nitrogen functional groups attached to an aromatic ring is 1. The van der Waals surface area contributed by atoms with Gasteiger partial charge < -0.3 is 15.4 Å². The van der Waals surface area contributed by atoms with E-state index in [1.165, 1.54) is 0 Å². The first kappa shape index (κ1) is 14.0. The van der Waals surface area contributed by atoms with Gasteiger partial charge in [-0.15, -0.1) is 0 Å². The number of nitrogens with zero attached hydrogens (tertiary/aromatic N) is 5. The largest absolute Gasteiger partial charge is 0.481 e. The third-order valence-electron chi connectivity index (χ3n) is 2.89. The highest BCUT2D eigenvalue weighted by Crippen LogP contribution is 2.21. The van der Waals surface area contributed by atoms with Gasteiger partial charge in [-0.3, -0.25) is 0 Å². The molecule has 2 aromatic heterocycles. The molecular weight excluding hydrogens is 256 g/mol. The average Bonchev–Trinajstić information content (AvgIpc) is 2.48. The number of hydrogen-bond acceptors (Lipinski definition) is 7. The molecular formula is C13H18N6O. The number of aromatic nitrogens is 4. The molecule has 20 heavy (non-hydrogen) atoms. The van der Waals surface area contributed by atoms with Crippen LogP contribution in [0.4, 0.5) is 11.9 Å². The zero-order valence-corrected chi connectivity index (χ0v) is 11.9. The third kappa shape index (κ3) is 2.93. The smallest absolute Gasteiger partial charge is 0.230 e. The molecule has 0 aliphatic rings. The minimum absolute atomic E-state index is 0.202. The Hall–Kier alpha value is -2.44. The summed E-state index contributed by atoms with van der Waals surface area (Å²) in [4.78, 5) is 18.9. The van der Waals surface area contributed by atoms with E-state index in [4.69, 9.17) is 10.5 Å². The summed E-state index contributed by atoms with van der Waals surface area (Å²) in [5.74, 6) is 1.80. The number of nitrogens with two attached hydrogens (primary N) is 1. The second-order valence-corrected chi connectivity index (χ2v) is 4.08. The first-order valence-corrected chi connectivity index (χ1v) is 6.44. The van der Waals surface area contributed by atoms with Crippen LogP contribution in [0.3, 0.4) is 0 Å². The average molecular weight is 274 g/mol. The van der Waals surface area contributed by atoms with Crippen LogP contribution in [0.25, 0.3) is 11.4 Å². The van der Waals surface area contributed by atoms with Crippen molar-refractivity contribution in [2.75, 3.05) is 30.8 Å². The van der Waals surface area contributed by atoms with E-state index in [1.54, 1.807) is 19.4 Å². The molecule has 0 aliphatic heterocycles. The Morgan fingerprint density at radius 1 is 1.20 bits per heavy atom. The highest BCUT2D eigenvalue weighted by molar-refractivity contribution is 5.58. The lowest BCUT2D eigenvalue weighted by atomic mass is 10.2. The highest BCUT2D eigenvalue weighted by atomic mass is 16.5. The highest BCUT2D eigenvalue weighted by Gasteiger charge is 2.11. The van der Waals surface area contributed by atoms with E-state index < -0.39 is 0 Å². The van der Waals surface area contributed by atoms with Crippen LogP contribution in [0, 0.1) is 0 Å². The Morgan fingerprint density at radius 3 is 2.60 bits per heavy atom. The van der Waals surface area contributed by atoms with E-state index in [1.807, 2.05) is 24.8 Å². The van der Waals surface area contributed by atoms with E-state index in [0.717, 1.165) is 18.7 Å². The first-order valence-electron chi connectivity index (χ1n) is 6.44. The lowest BCUT2D eigenvalue weighted by Crippen LogP contribution is -2.25. The topological polar surface area (TPSA) is 90.1 Å². The van der Waals surface area contributed by atoms with Crippen molar-refractivity contribution in [2.24, 2.45) is 0 Å². The molecule has 0 saturated carbocycles. The van der Waals surface area contributed by atoms with E-state index in [2.05, 4.69) is 19.9 Å². The molecule has 0 spiro atoms. The van der Waals surface area contributed by atoms with Crippen LogP contribution in [-0.4, -0.2) is 40.1 Å². The molecule has 2 N–H and O–H groups in total. The van der Waals surface area contributed by atoms with Crippen molar-refractivity contribution in [3.63, 3.8) is 0 Å². The first-order chi connectivity index (χ1) is 9.67. The summed E-state index contributed by atoms with van der Waals surface area (Å²) >= 11 is 0.